The summed E-state index contributed by atoms with van der Waals surface area (Å²) >= 11 is 0. The van der Waals surface area contributed by atoms with E-state index in [-0.39, 0.29) is 35.8 Å². The standard InChI is InChI=1S/C12H15F3N8O.ClH/c1-7(16)20-21-11-19-10(22-2-4-24-5-3-22)18-9-8(12(13,14)15)6-17-23(9)11;/h6H,2-5H2,1H3,(H2,16,20)(H,18,19,21);1H. The van der Waals surface area contributed by atoms with Gasteiger partial charge in [0, 0.05) is 13.1 Å². The van der Waals surface area contributed by atoms with Gasteiger partial charge in [-0.1, -0.05) is 0 Å². The van der Waals surface area contributed by atoms with Gasteiger partial charge in [0.15, 0.2) is 5.65 Å². The number of rotatable bonds is 3. The van der Waals surface area contributed by atoms with E-state index >= 15 is 0 Å². The van der Waals surface area contributed by atoms with Gasteiger partial charge in [-0.25, -0.2) is 5.43 Å². The van der Waals surface area contributed by atoms with Crippen LogP contribution < -0.4 is 16.1 Å². The third kappa shape index (κ3) is 4.02. The maximum Gasteiger partial charge on any atom is 0.421 e. The Bertz CT molecular complexity index is 768. The maximum absolute atomic E-state index is 13.2. The first-order chi connectivity index (χ1) is 11.4. The highest BCUT2D eigenvalue weighted by Gasteiger charge is 2.36. The SMILES string of the molecule is CC(N)=NNc1nc(N2CCOCC2)nc2c(C(F)(F)F)cnn12.Cl. The molecule has 0 bridgehead atoms. The lowest BCUT2D eigenvalue weighted by molar-refractivity contribution is -0.136. The lowest BCUT2D eigenvalue weighted by Crippen LogP contribution is -2.37. The Hall–Kier alpha value is -2.34. The summed E-state index contributed by atoms with van der Waals surface area (Å²) in [5.74, 6) is 0.323. The fraction of sp³-hybridized carbons (Fsp3) is 0.500. The van der Waals surface area contributed by atoms with Gasteiger partial charge in [-0.3, -0.25) is 0 Å². The fourth-order valence-corrected chi connectivity index (χ4v) is 2.18. The zero-order chi connectivity index (χ0) is 17.3. The zero-order valence-corrected chi connectivity index (χ0v) is 13.9. The average molecular weight is 381 g/mol. The van der Waals surface area contributed by atoms with E-state index in [0.717, 1.165) is 4.52 Å². The summed E-state index contributed by atoms with van der Waals surface area (Å²) in [5, 5.41) is 7.48. The molecule has 3 rings (SSSR count). The second-order valence-electron chi connectivity index (χ2n) is 5.10. The summed E-state index contributed by atoms with van der Waals surface area (Å²) in [6.45, 7) is 3.37. The lowest BCUT2D eigenvalue weighted by Gasteiger charge is -2.27. The number of morpholine rings is 1. The lowest BCUT2D eigenvalue weighted by atomic mass is 10.3. The van der Waals surface area contributed by atoms with Crippen molar-refractivity contribution in [2.45, 2.75) is 13.1 Å². The molecule has 25 heavy (non-hydrogen) atoms. The molecule has 0 spiro atoms. The Balaban J connectivity index is 0.00000225. The number of hydrogen-bond donors (Lipinski definition) is 2. The van der Waals surface area contributed by atoms with Crippen molar-refractivity contribution in [3.8, 4) is 0 Å². The molecule has 9 nitrogen and oxygen atoms in total. The van der Waals surface area contributed by atoms with Crippen molar-refractivity contribution in [1.82, 2.24) is 19.6 Å². The quantitative estimate of drug-likeness (QED) is 0.466. The van der Waals surface area contributed by atoms with E-state index in [0.29, 0.717) is 32.5 Å². The minimum absolute atomic E-state index is 0. The Labute approximate surface area is 146 Å². The van der Waals surface area contributed by atoms with Crippen LogP contribution in [0.3, 0.4) is 0 Å². The van der Waals surface area contributed by atoms with Crippen molar-refractivity contribution < 1.29 is 17.9 Å². The monoisotopic (exact) mass is 380 g/mol. The Morgan fingerprint density at radius 3 is 2.60 bits per heavy atom. The van der Waals surface area contributed by atoms with Crippen LogP contribution in [0.25, 0.3) is 5.65 Å². The smallest absolute Gasteiger partial charge is 0.386 e. The summed E-state index contributed by atoms with van der Waals surface area (Å²) in [4.78, 5) is 9.98. The third-order valence-corrected chi connectivity index (χ3v) is 3.29. The second-order valence-corrected chi connectivity index (χ2v) is 5.10. The number of halogens is 4. The van der Waals surface area contributed by atoms with Crippen LogP contribution in [0.1, 0.15) is 12.5 Å². The molecule has 0 unspecified atom stereocenters. The number of aromatic nitrogens is 4. The summed E-state index contributed by atoms with van der Waals surface area (Å²) < 4.78 is 45.6. The molecule has 1 saturated heterocycles. The minimum atomic E-state index is -4.58. The molecule has 0 amide bonds. The van der Waals surface area contributed by atoms with Gasteiger partial charge in [-0.05, 0) is 6.92 Å². The van der Waals surface area contributed by atoms with E-state index < -0.39 is 11.7 Å². The van der Waals surface area contributed by atoms with Gasteiger partial charge in [-0.15, -0.1) is 12.4 Å². The maximum atomic E-state index is 13.2. The van der Waals surface area contributed by atoms with Crippen molar-refractivity contribution in [1.29, 1.82) is 0 Å². The molecule has 138 valence electrons. The molecule has 2 aromatic rings. The predicted octanol–water partition coefficient (Wildman–Crippen LogP) is 1.11. The van der Waals surface area contributed by atoms with E-state index in [1.165, 1.54) is 6.92 Å². The molecule has 1 aliphatic heterocycles. The zero-order valence-electron chi connectivity index (χ0n) is 13.1. The largest absolute Gasteiger partial charge is 0.421 e. The molecule has 0 radical (unpaired) electrons. The molecular formula is C12H16ClF3N8O. The number of ether oxygens (including phenoxy) is 1. The molecule has 0 aromatic carbocycles. The van der Waals surface area contributed by atoms with Crippen LogP contribution in [0.4, 0.5) is 25.1 Å². The fourth-order valence-electron chi connectivity index (χ4n) is 2.18. The molecule has 2 aromatic heterocycles. The van der Waals surface area contributed by atoms with Crippen LogP contribution >= 0.6 is 12.4 Å². The number of alkyl halides is 3. The first-order valence-electron chi connectivity index (χ1n) is 7.07. The Morgan fingerprint density at radius 2 is 2.00 bits per heavy atom. The summed E-state index contributed by atoms with van der Waals surface area (Å²) in [5.41, 5.74) is 6.66. The molecule has 3 N–H and O–H groups in total. The molecule has 13 heteroatoms. The average Bonchev–Trinajstić information content (AvgIpc) is 2.97. The number of nitrogens with one attached hydrogen (secondary N) is 1. The van der Waals surface area contributed by atoms with Gasteiger partial charge in [0.1, 0.15) is 11.4 Å². The van der Waals surface area contributed by atoms with Crippen LogP contribution in [0, 0.1) is 0 Å². The topological polar surface area (TPSA) is 106 Å². The third-order valence-electron chi connectivity index (χ3n) is 3.29. The molecule has 3 heterocycles. The normalized spacial score (nSPS) is 16.0. The number of fused-ring (bicyclic) bond motifs is 1. The molecule has 0 aliphatic carbocycles. The van der Waals surface area contributed by atoms with Gasteiger partial charge in [0.05, 0.1) is 19.4 Å². The van der Waals surface area contributed by atoms with E-state index in [4.69, 9.17) is 10.5 Å². The molecular weight excluding hydrogens is 365 g/mol. The van der Waals surface area contributed by atoms with E-state index in [9.17, 15) is 13.2 Å². The van der Waals surface area contributed by atoms with Crippen LogP contribution in [0.15, 0.2) is 11.3 Å². The molecule has 0 atom stereocenters. The van der Waals surface area contributed by atoms with E-state index in [1.807, 2.05) is 0 Å². The van der Waals surface area contributed by atoms with Gasteiger partial charge in [0.2, 0.25) is 11.9 Å². The number of nitrogens with two attached hydrogens (primary N) is 1. The Morgan fingerprint density at radius 1 is 1.32 bits per heavy atom. The number of anilines is 2. The number of nitrogens with zero attached hydrogens (tertiary/aromatic N) is 6. The van der Waals surface area contributed by atoms with Crippen LogP contribution in [0.5, 0.6) is 0 Å². The molecule has 1 fully saturated rings. The van der Waals surface area contributed by atoms with E-state index in [2.05, 4.69) is 25.6 Å². The molecule has 0 saturated carbocycles. The summed E-state index contributed by atoms with van der Waals surface area (Å²) in [6, 6.07) is 0. The highest BCUT2D eigenvalue weighted by molar-refractivity contribution is 5.85. The van der Waals surface area contributed by atoms with Crippen LogP contribution in [-0.2, 0) is 10.9 Å². The second kappa shape index (κ2) is 7.27. The van der Waals surface area contributed by atoms with Gasteiger partial charge in [0.25, 0.3) is 0 Å². The highest BCUT2D eigenvalue weighted by Crippen LogP contribution is 2.33. The number of hydrogen-bond acceptors (Lipinski definition) is 7. The first kappa shape index (κ1) is 19.0. The van der Waals surface area contributed by atoms with Crippen molar-refractivity contribution in [3.05, 3.63) is 11.8 Å². The highest BCUT2D eigenvalue weighted by atomic mass is 35.5. The van der Waals surface area contributed by atoms with Gasteiger partial charge in [-0.2, -0.15) is 37.9 Å². The van der Waals surface area contributed by atoms with Crippen molar-refractivity contribution in [2.24, 2.45) is 10.8 Å². The van der Waals surface area contributed by atoms with Crippen molar-refractivity contribution >= 4 is 35.8 Å². The number of hydrazone groups is 1. The van der Waals surface area contributed by atoms with Crippen molar-refractivity contribution in [3.63, 3.8) is 0 Å². The Kier molecular flexibility index (Phi) is 5.52. The minimum Gasteiger partial charge on any atom is -0.386 e. The molecule has 1 aliphatic rings. The van der Waals surface area contributed by atoms with Crippen LogP contribution in [-0.4, -0.2) is 51.7 Å². The first-order valence-corrected chi connectivity index (χ1v) is 7.07. The predicted molar refractivity (Wildman–Crippen MR) is 87.0 cm³/mol. The van der Waals surface area contributed by atoms with Gasteiger partial charge >= 0.3 is 6.18 Å². The number of amidine groups is 1. The van der Waals surface area contributed by atoms with E-state index in [1.54, 1.807) is 4.90 Å². The summed E-state index contributed by atoms with van der Waals surface area (Å²) in [6.07, 6.45) is -3.87. The summed E-state index contributed by atoms with van der Waals surface area (Å²) in [7, 11) is 0. The van der Waals surface area contributed by atoms with Gasteiger partial charge < -0.3 is 15.4 Å². The van der Waals surface area contributed by atoms with Crippen LogP contribution in [0.2, 0.25) is 0 Å². The van der Waals surface area contributed by atoms with Crippen molar-refractivity contribution in [2.75, 3.05) is 36.6 Å².